The minimum absolute atomic E-state index is 0.275. The lowest BCUT2D eigenvalue weighted by atomic mass is 10.1. The number of hydrogen-bond acceptors (Lipinski definition) is 5. The lowest BCUT2D eigenvalue weighted by Gasteiger charge is -2.30. The largest absolute Gasteiger partial charge is 0.491 e. The van der Waals surface area contributed by atoms with Gasteiger partial charge < -0.3 is 24.1 Å². The van der Waals surface area contributed by atoms with E-state index < -0.39 is 5.79 Å². The molecule has 0 spiro atoms. The zero-order valence-electron chi connectivity index (χ0n) is 20.8. The maximum atomic E-state index is 6.55. The van der Waals surface area contributed by atoms with E-state index in [-0.39, 0.29) is 6.10 Å². The van der Waals surface area contributed by atoms with Crippen LogP contribution in [-0.2, 0) is 28.4 Å². The highest BCUT2D eigenvalue weighted by Gasteiger charge is 2.45. The maximum absolute atomic E-state index is 6.55. The van der Waals surface area contributed by atoms with Crippen LogP contribution >= 0.6 is 23.2 Å². The van der Waals surface area contributed by atoms with Gasteiger partial charge in [0.15, 0.2) is 0 Å². The van der Waals surface area contributed by atoms with Gasteiger partial charge in [0.1, 0.15) is 18.5 Å². The van der Waals surface area contributed by atoms with Gasteiger partial charge >= 0.3 is 0 Å². The zero-order valence-corrected chi connectivity index (χ0v) is 22.3. The van der Waals surface area contributed by atoms with Crippen LogP contribution in [0.3, 0.4) is 0 Å². The molecule has 0 bridgehead atoms. The van der Waals surface area contributed by atoms with Gasteiger partial charge in [0, 0.05) is 36.1 Å². The molecule has 1 N–H and O–H groups in total. The van der Waals surface area contributed by atoms with Crippen LogP contribution in [-0.4, -0.2) is 35.4 Å². The van der Waals surface area contributed by atoms with Crippen LogP contribution in [0.5, 0.6) is 5.75 Å². The predicted octanol–water partition coefficient (Wildman–Crippen LogP) is 6.34. The van der Waals surface area contributed by atoms with Crippen molar-refractivity contribution in [3.8, 4) is 5.75 Å². The first-order valence-corrected chi connectivity index (χ1v) is 13.2. The third-order valence-electron chi connectivity index (χ3n) is 6.21. The van der Waals surface area contributed by atoms with Crippen LogP contribution in [0.4, 0.5) is 0 Å². The Morgan fingerprint density at radius 3 is 2.68 bits per heavy atom. The van der Waals surface area contributed by atoms with Crippen molar-refractivity contribution in [1.82, 2.24) is 14.9 Å². The molecule has 2 atom stereocenters. The first kappa shape index (κ1) is 26.5. The summed E-state index contributed by atoms with van der Waals surface area (Å²) in [5.74, 6) is -0.293. The number of ether oxygens (including phenoxy) is 3. The highest BCUT2D eigenvalue weighted by atomic mass is 35.5. The molecule has 3 aromatic carbocycles. The Balaban J connectivity index is 1.14. The van der Waals surface area contributed by atoms with Crippen molar-refractivity contribution in [1.29, 1.82) is 0 Å². The Hall–Kier alpha value is -3.13. The molecule has 2 heterocycles. The van der Waals surface area contributed by atoms with E-state index in [9.17, 15) is 0 Å². The summed E-state index contributed by atoms with van der Waals surface area (Å²) >= 11 is 12.7. The number of imidazole rings is 1. The van der Waals surface area contributed by atoms with E-state index in [0.717, 1.165) is 24.4 Å². The first-order chi connectivity index (χ1) is 18.6. The summed E-state index contributed by atoms with van der Waals surface area (Å²) in [5, 5.41) is 4.47. The second-order valence-corrected chi connectivity index (χ2v) is 9.91. The number of benzene rings is 3. The topological polar surface area (TPSA) is 57.5 Å². The third-order valence-corrected chi connectivity index (χ3v) is 6.76. The van der Waals surface area contributed by atoms with E-state index in [2.05, 4.69) is 46.7 Å². The molecule has 1 fully saturated rings. The number of rotatable bonds is 11. The molecule has 0 saturated carbocycles. The zero-order chi connectivity index (χ0) is 26.2. The minimum Gasteiger partial charge on any atom is -0.491 e. The Kier molecular flexibility index (Phi) is 8.79. The van der Waals surface area contributed by atoms with Crippen LogP contribution < -0.4 is 10.1 Å². The van der Waals surface area contributed by atoms with Crippen molar-refractivity contribution in [3.63, 3.8) is 0 Å². The van der Waals surface area contributed by atoms with Crippen molar-refractivity contribution in [2.24, 2.45) is 0 Å². The van der Waals surface area contributed by atoms with Crippen molar-refractivity contribution in [2.75, 3.05) is 19.8 Å². The van der Waals surface area contributed by atoms with Gasteiger partial charge in [-0.3, -0.25) is 0 Å². The van der Waals surface area contributed by atoms with Gasteiger partial charge in [-0.15, -0.1) is 0 Å². The Bertz CT molecular complexity index is 1330. The summed E-state index contributed by atoms with van der Waals surface area (Å²) in [5.41, 5.74) is 3.10. The van der Waals surface area contributed by atoms with E-state index in [0.29, 0.717) is 29.8 Å². The average Bonchev–Trinajstić information content (AvgIpc) is 3.59. The Morgan fingerprint density at radius 1 is 1.08 bits per heavy atom. The molecule has 196 valence electrons. The van der Waals surface area contributed by atoms with E-state index in [1.165, 1.54) is 11.1 Å². The van der Waals surface area contributed by atoms with Gasteiger partial charge in [0.2, 0.25) is 5.79 Å². The molecular weight excluding hydrogens is 521 g/mol. The summed E-state index contributed by atoms with van der Waals surface area (Å²) in [7, 11) is 0. The predicted molar refractivity (Wildman–Crippen MR) is 150 cm³/mol. The molecule has 4 aromatic rings. The van der Waals surface area contributed by atoms with E-state index in [1.807, 2.05) is 47.2 Å². The fourth-order valence-corrected chi connectivity index (χ4v) is 4.88. The molecule has 38 heavy (non-hydrogen) atoms. The second-order valence-electron chi connectivity index (χ2n) is 9.06. The van der Waals surface area contributed by atoms with Crippen LogP contribution in [0.1, 0.15) is 16.7 Å². The lowest BCUT2D eigenvalue weighted by Crippen LogP contribution is -2.34. The summed E-state index contributed by atoms with van der Waals surface area (Å²) in [6.45, 7) is 2.68. The summed E-state index contributed by atoms with van der Waals surface area (Å²) in [6.07, 6.45) is 9.26. The van der Waals surface area contributed by atoms with Crippen molar-refractivity contribution in [3.05, 3.63) is 124 Å². The Morgan fingerprint density at radius 2 is 1.92 bits per heavy atom. The summed E-state index contributed by atoms with van der Waals surface area (Å²) in [6, 6.07) is 23.7. The molecule has 1 aliphatic heterocycles. The molecule has 0 amide bonds. The number of nitrogens with one attached hydrogen (secondary N) is 1. The van der Waals surface area contributed by atoms with Crippen LogP contribution in [0, 0.1) is 0 Å². The normalized spacial score (nSPS) is 19.3. The van der Waals surface area contributed by atoms with Crippen LogP contribution in [0.25, 0.3) is 6.08 Å². The van der Waals surface area contributed by atoms with E-state index in [4.69, 9.17) is 37.4 Å². The second kappa shape index (κ2) is 12.6. The van der Waals surface area contributed by atoms with Gasteiger partial charge in [0.25, 0.3) is 0 Å². The van der Waals surface area contributed by atoms with Gasteiger partial charge in [-0.25, -0.2) is 4.98 Å². The highest BCUT2D eigenvalue weighted by Crippen LogP contribution is 2.40. The minimum atomic E-state index is -1.07. The number of aromatic nitrogens is 2. The Labute approximate surface area is 232 Å². The van der Waals surface area contributed by atoms with Gasteiger partial charge in [-0.1, -0.05) is 83.9 Å². The number of nitrogens with zero attached hydrogens (tertiary/aromatic N) is 2. The summed E-state index contributed by atoms with van der Waals surface area (Å²) < 4.78 is 20.6. The van der Waals surface area contributed by atoms with Gasteiger partial charge in [-0.05, 0) is 35.4 Å². The molecule has 8 heteroatoms. The molecule has 6 nitrogen and oxygen atoms in total. The molecule has 0 radical (unpaired) electrons. The molecule has 1 aliphatic rings. The number of hydrogen-bond donors (Lipinski definition) is 1. The molecule has 0 unspecified atom stereocenters. The quantitative estimate of drug-likeness (QED) is 0.221. The maximum Gasteiger partial charge on any atom is 0.215 e. The lowest BCUT2D eigenvalue weighted by molar-refractivity contribution is -0.189. The standard InChI is InChI=1S/C30H29Cl2N3O3/c31-25-10-13-28(29(32)17-25)30(21-35-16-15-34-22-35)37-20-27(38-30)19-36-26-11-8-24(9-12-26)18-33-14-4-7-23-5-2-1-3-6-23/h1-13,15-17,22,27,33H,14,18-21H2/t27-,30-/m1/s1. The van der Waals surface area contributed by atoms with Crippen LogP contribution in [0.15, 0.2) is 97.6 Å². The SMILES string of the molecule is Clc1ccc([C@]2(Cn3ccnc3)OC[C@@H](COc3ccc(CNCC=Cc4ccccc4)cc3)O2)c(Cl)c1. The van der Waals surface area contributed by atoms with Gasteiger partial charge in [0.05, 0.1) is 24.5 Å². The number of halogens is 2. The average molecular weight is 550 g/mol. The molecule has 5 rings (SSSR count). The van der Waals surface area contributed by atoms with Crippen molar-refractivity contribution in [2.45, 2.75) is 25.0 Å². The van der Waals surface area contributed by atoms with Crippen LogP contribution in [0.2, 0.25) is 10.0 Å². The third kappa shape index (κ3) is 6.84. The molecule has 0 aliphatic carbocycles. The van der Waals surface area contributed by atoms with Gasteiger partial charge in [-0.2, -0.15) is 0 Å². The smallest absolute Gasteiger partial charge is 0.215 e. The fraction of sp³-hybridized carbons (Fsp3) is 0.233. The molecule has 1 aromatic heterocycles. The first-order valence-electron chi connectivity index (χ1n) is 12.5. The van der Waals surface area contributed by atoms with Crippen molar-refractivity contribution >= 4 is 29.3 Å². The van der Waals surface area contributed by atoms with Crippen molar-refractivity contribution < 1.29 is 14.2 Å². The molecule has 1 saturated heterocycles. The monoisotopic (exact) mass is 549 g/mol. The van der Waals surface area contributed by atoms with E-state index >= 15 is 0 Å². The highest BCUT2D eigenvalue weighted by molar-refractivity contribution is 6.35. The fourth-order valence-electron chi connectivity index (χ4n) is 4.33. The summed E-state index contributed by atoms with van der Waals surface area (Å²) in [4.78, 5) is 4.13. The molecular formula is C30H29Cl2N3O3. The van der Waals surface area contributed by atoms with E-state index in [1.54, 1.807) is 24.7 Å².